The lowest BCUT2D eigenvalue weighted by atomic mass is 10.4. The van der Waals surface area contributed by atoms with E-state index in [1.165, 1.54) is 21.2 Å². The third kappa shape index (κ3) is 3.44. The molecule has 0 saturated heterocycles. The highest BCUT2D eigenvalue weighted by Crippen LogP contribution is 2.64. The van der Waals surface area contributed by atoms with Crippen molar-refractivity contribution in [3.8, 4) is 0 Å². The normalized spacial score (nSPS) is 12.6. The Bertz CT molecular complexity index is 746. The van der Waals surface area contributed by atoms with Gasteiger partial charge in [-0.3, -0.25) is 0 Å². The molecule has 0 nitrogen and oxygen atoms in total. The highest BCUT2D eigenvalue weighted by molar-refractivity contribution is 8.16. The molecular weight excluding hydrogens is 359 g/mol. The average Bonchev–Trinajstić information content (AvgIpc) is 2.70. The van der Waals surface area contributed by atoms with Crippen molar-refractivity contribution in [2.75, 3.05) is 6.26 Å². The van der Waals surface area contributed by atoms with Gasteiger partial charge in [0.05, 0.1) is 4.24 Å². The molecule has 126 valence electrons. The predicted molar refractivity (Wildman–Crippen MR) is 120 cm³/mol. The van der Waals surface area contributed by atoms with Crippen LogP contribution in [-0.2, 0) is 0 Å². The molecule has 0 fully saturated rings. The number of benzene rings is 3. The van der Waals surface area contributed by atoms with E-state index in [2.05, 4.69) is 104 Å². The summed E-state index contributed by atoms with van der Waals surface area (Å²) in [5.74, 6) is 0. The van der Waals surface area contributed by atoms with Crippen LogP contribution in [0.5, 0.6) is 0 Å². The van der Waals surface area contributed by atoms with E-state index in [1.807, 2.05) is 0 Å². The van der Waals surface area contributed by atoms with Crippen molar-refractivity contribution < 1.29 is 0 Å². The molecule has 25 heavy (non-hydrogen) atoms. The van der Waals surface area contributed by atoms with Crippen LogP contribution in [0.1, 0.15) is 6.92 Å². The van der Waals surface area contributed by atoms with Crippen LogP contribution >= 0.6 is 31.7 Å². The standard InChI is InChI=1S/C22H21PS2/c1-18(22(24)25-2)23(19-12-6-3-7-13-19,20-14-8-4-9-15-20)21-16-10-5-11-17-21/h3-17H,1-2H3/p+1/b22-18+. The zero-order valence-corrected chi connectivity index (χ0v) is 17.1. The molecule has 0 atom stereocenters. The number of hydrogen-bond acceptors (Lipinski definition) is 2. The monoisotopic (exact) mass is 381 g/mol. The molecule has 3 rings (SSSR count). The molecule has 0 aliphatic rings. The zero-order valence-electron chi connectivity index (χ0n) is 14.5. The van der Waals surface area contributed by atoms with Crippen LogP contribution in [0.25, 0.3) is 0 Å². The summed E-state index contributed by atoms with van der Waals surface area (Å²) in [5, 5.41) is 5.45. The Morgan fingerprint density at radius 2 is 1.00 bits per heavy atom. The molecule has 3 heteroatoms. The van der Waals surface area contributed by atoms with E-state index in [-0.39, 0.29) is 0 Å². The first kappa shape index (κ1) is 18.3. The Balaban J connectivity index is 2.45. The van der Waals surface area contributed by atoms with E-state index in [4.69, 9.17) is 12.6 Å². The van der Waals surface area contributed by atoms with Crippen molar-refractivity contribution in [3.63, 3.8) is 0 Å². The number of rotatable bonds is 5. The lowest BCUT2D eigenvalue weighted by molar-refractivity contribution is 1.64. The maximum Gasteiger partial charge on any atom is 0.141 e. The van der Waals surface area contributed by atoms with Gasteiger partial charge in [-0.2, -0.15) is 0 Å². The molecule has 0 radical (unpaired) electrons. The van der Waals surface area contributed by atoms with Gasteiger partial charge >= 0.3 is 0 Å². The first-order valence-electron chi connectivity index (χ1n) is 8.21. The van der Waals surface area contributed by atoms with Gasteiger partial charge in [-0.1, -0.05) is 54.6 Å². The fourth-order valence-corrected chi connectivity index (χ4v) is 8.91. The summed E-state index contributed by atoms with van der Waals surface area (Å²) in [4.78, 5) is 0. The molecule has 0 aliphatic carbocycles. The zero-order chi connectivity index (χ0) is 17.7. The van der Waals surface area contributed by atoms with Crippen LogP contribution in [0.15, 0.2) is 101 Å². The molecular formula is C22H22PS2+. The minimum absolute atomic E-state index is 1.10. The fraction of sp³-hybridized carbons (Fsp3) is 0.0909. The van der Waals surface area contributed by atoms with Gasteiger partial charge in [-0.25, -0.2) is 0 Å². The van der Waals surface area contributed by atoms with E-state index in [0.717, 1.165) is 4.24 Å². The largest absolute Gasteiger partial charge is 0.141 e. The number of allylic oxidation sites excluding steroid dienone is 1. The van der Waals surface area contributed by atoms with Gasteiger partial charge in [0.1, 0.15) is 28.5 Å². The Morgan fingerprint density at radius 1 is 0.680 bits per heavy atom. The lowest BCUT2D eigenvalue weighted by Gasteiger charge is -2.28. The summed E-state index contributed by atoms with van der Waals surface area (Å²) in [7, 11) is -1.93. The van der Waals surface area contributed by atoms with Crippen molar-refractivity contribution in [2.24, 2.45) is 0 Å². The molecule has 0 unspecified atom stereocenters. The molecule has 0 saturated carbocycles. The smallest absolute Gasteiger partial charge is 0.133 e. The van der Waals surface area contributed by atoms with Crippen molar-refractivity contribution >= 4 is 47.6 Å². The van der Waals surface area contributed by atoms with E-state index >= 15 is 0 Å². The van der Waals surface area contributed by atoms with Crippen molar-refractivity contribution in [3.05, 3.63) is 101 Å². The Labute approximate surface area is 161 Å². The summed E-state index contributed by atoms with van der Waals surface area (Å²) in [6, 6.07) is 32.7. The number of thiol groups is 1. The quantitative estimate of drug-likeness (QED) is 0.452. The van der Waals surface area contributed by atoms with Crippen LogP contribution in [0, 0.1) is 0 Å². The second kappa shape index (κ2) is 8.27. The third-order valence-electron chi connectivity index (χ3n) is 4.44. The van der Waals surface area contributed by atoms with Gasteiger partial charge in [0.25, 0.3) is 0 Å². The van der Waals surface area contributed by atoms with E-state index in [1.54, 1.807) is 11.8 Å². The Kier molecular flexibility index (Phi) is 6.06. The second-order valence-electron chi connectivity index (χ2n) is 5.77. The molecule has 0 bridgehead atoms. The lowest BCUT2D eigenvalue weighted by Crippen LogP contribution is -2.32. The maximum absolute atomic E-state index is 4.84. The fourth-order valence-electron chi connectivity index (χ4n) is 3.27. The van der Waals surface area contributed by atoms with E-state index in [9.17, 15) is 0 Å². The summed E-state index contributed by atoms with van der Waals surface area (Å²) < 4.78 is 1.10. The Hall–Kier alpha value is -1.47. The minimum Gasteiger partial charge on any atom is -0.133 e. The summed E-state index contributed by atoms with van der Waals surface area (Å²) in [6.07, 6.45) is 2.10. The minimum atomic E-state index is -1.93. The predicted octanol–water partition coefficient (Wildman–Crippen LogP) is 5.46. The second-order valence-corrected chi connectivity index (χ2v) is 10.9. The molecule has 0 N–H and O–H groups in total. The first-order chi connectivity index (χ1) is 12.2. The van der Waals surface area contributed by atoms with Gasteiger partial charge < -0.3 is 0 Å². The van der Waals surface area contributed by atoms with Gasteiger partial charge in [0, 0.05) is 0 Å². The Morgan fingerprint density at radius 3 is 1.28 bits per heavy atom. The molecule has 0 aromatic heterocycles. The summed E-state index contributed by atoms with van der Waals surface area (Å²) in [5.41, 5.74) is 0. The third-order valence-corrected chi connectivity index (χ3v) is 10.8. The van der Waals surface area contributed by atoms with Crippen LogP contribution in [0.3, 0.4) is 0 Å². The van der Waals surface area contributed by atoms with E-state index < -0.39 is 7.26 Å². The molecule has 0 amide bonds. The number of hydrogen-bond donors (Lipinski definition) is 1. The van der Waals surface area contributed by atoms with Crippen LogP contribution < -0.4 is 15.9 Å². The van der Waals surface area contributed by atoms with Crippen LogP contribution in [-0.4, -0.2) is 6.26 Å². The van der Waals surface area contributed by atoms with Crippen LogP contribution in [0.4, 0.5) is 0 Å². The topological polar surface area (TPSA) is 0 Å². The van der Waals surface area contributed by atoms with Crippen molar-refractivity contribution in [1.82, 2.24) is 0 Å². The molecule has 3 aromatic carbocycles. The molecule has 0 heterocycles. The highest BCUT2D eigenvalue weighted by atomic mass is 32.2. The van der Waals surface area contributed by atoms with Crippen molar-refractivity contribution in [1.29, 1.82) is 0 Å². The number of thioether (sulfide) groups is 1. The van der Waals surface area contributed by atoms with Gasteiger partial charge in [-0.15, -0.1) is 24.4 Å². The maximum atomic E-state index is 4.84. The van der Waals surface area contributed by atoms with E-state index in [0.29, 0.717) is 0 Å². The van der Waals surface area contributed by atoms with Crippen molar-refractivity contribution in [2.45, 2.75) is 6.92 Å². The highest BCUT2D eigenvalue weighted by Gasteiger charge is 2.48. The summed E-state index contributed by atoms with van der Waals surface area (Å²) >= 11 is 6.55. The van der Waals surface area contributed by atoms with Crippen LogP contribution in [0.2, 0.25) is 0 Å². The average molecular weight is 382 g/mol. The summed E-state index contributed by atoms with van der Waals surface area (Å²) in [6.45, 7) is 2.25. The molecule has 0 aliphatic heterocycles. The van der Waals surface area contributed by atoms with Gasteiger partial charge in [-0.05, 0) is 49.6 Å². The molecule has 3 aromatic rings. The molecule has 0 spiro atoms. The van der Waals surface area contributed by atoms with Gasteiger partial charge in [0.15, 0.2) is 0 Å². The first-order valence-corrected chi connectivity index (χ1v) is 11.7. The SMILES string of the molecule is CS/C(S)=C(\C)[P+](c1ccccc1)(c1ccccc1)c1ccccc1. The van der Waals surface area contributed by atoms with Gasteiger partial charge in [0.2, 0.25) is 0 Å².